The molecule has 9 fully saturated rings. The summed E-state index contributed by atoms with van der Waals surface area (Å²) in [5.41, 5.74) is 0. The average molecular weight is 1830 g/mol. The SMILES string of the molecule is CC(=O)N[C@@H](CO)[C@@H](O)[C@H](OC1O[C@H](CO)[C@@H](OC2O[C@H](COC3O[C@H](CO)[C@@H](O)[C@H](O)[C@@H]3OC3O[C@H](CO)[C@@H](OC4O[C@H](CO)[C@H](O)[C@H](O)[C@H]4O)[C@H](O)[C@H]3NC(C)=O)[C@@H](O)[C@H](OC3O[C@H](CO)[C@@H](OC4O[C@H](CO)[C@@H](O)[C@H](O)[C@H]4NC(C)=O)[C@H](O)[C@@H]3OC3O[C@H](CO)[C@@H](O)[C@H](O)[C@H]3NC(C)=O)[C@@H]2O)[C@H](O)[C@H]1NC(C)=O)[C@H](O)COC1O[C@@H](C)[C@@H](O)[C@@H](O)[C@@H]1O. The Morgan fingerprint density at radius 3 is 1.08 bits per heavy atom. The summed E-state index contributed by atoms with van der Waals surface area (Å²) < 4.78 is 108. The van der Waals surface area contributed by atoms with E-state index in [1.165, 1.54) is 6.92 Å². The predicted octanol–water partition coefficient (Wildman–Crippen LogP) is -21.4. The molecule has 9 aliphatic rings. The van der Waals surface area contributed by atoms with Crippen LogP contribution in [0.4, 0.5) is 0 Å². The van der Waals surface area contributed by atoms with Gasteiger partial charge in [0.25, 0.3) is 0 Å². The third kappa shape index (κ3) is 24.1. The van der Waals surface area contributed by atoms with Gasteiger partial charge in [-0.1, -0.05) is 0 Å². The Labute approximate surface area is 709 Å². The Hall–Kier alpha value is -4.45. The van der Waals surface area contributed by atoms with Gasteiger partial charge in [-0.25, -0.2) is 0 Å². The highest BCUT2D eigenvalue weighted by atomic mass is 16.8. The van der Waals surface area contributed by atoms with E-state index in [-0.39, 0.29) is 0 Å². The number of aliphatic hydroxyl groups excluding tert-OH is 27. The summed E-state index contributed by atoms with van der Waals surface area (Å²) in [6.45, 7) is -5.57. The van der Waals surface area contributed by atoms with E-state index < -0.39 is 396 Å². The maximum Gasteiger partial charge on any atom is 0.217 e. The topological polar surface area (TPSA) is 858 Å². The highest BCUT2D eigenvalue weighted by Crippen LogP contribution is 2.41. The van der Waals surface area contributed by atoms with Crippen molar-refractivity contribution in [2.75, 3.05) is 66.1 Å². The molecule has 9 aliphatic heterocycles. The molecule has 0 aromatic carbocycles. The number of hydrogen-bond acceptors (Lipinski definition) is 50. The van der Waals surface area contributed by atoms with Crippen LogP contribution in [0.2, 0.25) is 0 Å². The van der Waals surface area contributed by atoms with E-state index in [0.717, 1.165) is 34.6 Å². The van der Waals surface area contributed by atoms with E-state index >= 15 is 0 Å². The van der Waals surface area contributed by atoms with Crippen LogP contribution in [0.15, 0.2) is 0 Å². The first-order valence-corrected chi connectivity index (χ1v) is 39.9. The molecular weight excluding hydrogens is 1710 g/mol. The molecule has 9 rings (SSSR count). The maximum absolute atomic E-state index is 13.3. The van der Waals surface area contributed by atoms with Crippen LogP contribution in [0.1, 0.15) is 41.5 Å². The van der Waals surface area contributed by atoms with Crippen LogP contribution < -0.4 is 26.6 Å². The third-order valence-electron chi connectivity index (χ3n) is 22.5. The fourth-order valence-corrected chi connectivity index (χ4v) is 15.8. The lowest BCUT2D eigenvalue weighted by Gasteiger charge is -2.51. The molecule has 125 heavy (non-hydrogen) atoms. The van der Waals surface area contributed by atoms with Gasteiger partial charge in [0.2, 0.25) is 29.5 Å². The number of hydrogen-bond donors (Lipinski definition) is 32. The van der Waals surface area contributed by atoms with Crippen LogP contribution in [0, 0.1) is 0 Å². The largest absolute Gasteiger partial charge is 0.394 e. The number of aliphatic hydroxyl groups is 27. The van der Waals surface area contributed by atoms with Gasteiger partial charge in [0.05, 0.1) is 78.2 Å². The first-order valence-electron chi connectivity index (χ1n) is 39.9. The number of carbonyl (C=O) groups excluding carboxylic acids is 5. The molecule has 9 saturated heterocycles. The van der Waals surface area contributed by atoms with Crippen molar-refractivity contribution in [3.63, 3.8) is 0 Å². The van der Waals surface area contributed by atoms with Crippen LogP contribution in [-0.2, 0) is 109 Å². The quantitative estimate of drug-likeness (QED) is 0.0277. The monoisotopic (exact) mass is 1830 g/mol. The summed E-state index contributed by atoms with van der Waals surface area (Å²) in [7, 11) is 0. The Morgan fingerprint density at radius 1 is 0.296 bits per heavy atom. The number of nitrogens with one attached hydrogen (secondary N) is 5. The molecule has 0 aromatic heterocycles. The summed E-state index contributed by atoms with van der Waals surface area (Å²) in [5, 5.41) is 315. The lowest BCUT2D eigenvalue weighted by Crippen LogP contribution is -2.71. The van der Waals surface area contributed by atoms with Crippen molar-refractivity contribution in [2.24, 2.45) is 0 Å². The second-order valence-corrected chi connectivity index (χ2v) is 31.5. The third-order valence-corrected chi connectivity index (χ3v) is 22.5. The predicted molar refractivity (Wildman–Crippen MR) is 388 cm³/mol. The van der Waals surface area contributed by atoms with Crippen LogP contribution in [0.25, 0.3) is 0 Å². The van der Waals surface area contributed by atoms with Gasteiger partial charge in [0.1, 0.15) is 232 Å². The molecular formula is C70H119N5O50. The van der Waals surface area contributed by atoms with Gasteiger partial charge in [0, 0.05) is 34.6 Å². The fourth-order valence-electron chi connectivity index (χ4n) is 15.8. The Morgan fingerprint density at radius 2 is 0.632 bits per heavy atom. The van der Waals surface area contributed by atoms with Crippen molar-refractivity contribution in [3.8, 4) is 0 Å². The second-order valence-electron chi connectivity index (χ2n) is 31.5. The van der Waals surface area contributed by atoms with Crippen molar-refractivity contribution < 1.29 is 247 Å². The minimum absolute atomic E-state index is 0.878. The molecule has 9 heterocycles. The van der Waals surface area contributed by atoms with Crippen molar-refractivity contribution >= 4 is 29.5 Å². The number of amides is 5. The number of ether oxygens (including phenoxy) is 18. The minimum atomic E-state index is -2.70. The fraction of sp³-hybridized carbons (Fsp3) is 0.929. The molecule has 0 saturated carbocycles. The summed E-state index contributed by atoms with van der Waals surface area (Å²) >= 11 is 0. The molecule has 55 heteroatoms. The molecule has 0 bridgehead atoms. The van der Waals surface area contributed by atoms with Gasteiger partial charge in [-0.2, -0.15) is 0 Å². The lowest BCUT2D eigenvalue weighted by molar-refractivity contribution is -0.403. The Bertz CT molecular complexity index is 3370. The Kier molecular flexibility index (Phi) is 38.6. The standard InChI is InChI=1S/C70H119N5O50/c1-17-37(90)48(101)51(104)66(110-17)108-15-24(89)55(38(91)23(7-76)71-18(2)84)119-64-35(74-21(5)87)46(99)57(30(13-82)115-64)122-68-54(107)59(123-70-61(125-63-34(73-20(4)86)45(98)40(93)26(9-78)112-63)53(106)58(31(14-83)117-70)120-62-33(72-19(3)85)44(97)39(92)25(8-77)111-62)43(96)32(118-68)16-109-69-60(50(103)42(95)28(11-80)114-69)124-65-36(75-22(6)88)47(100)56(29(12-81)116-65)121-67-52(105)49(102)41(94)27(10-79)113-67/h17,23-70,76-83,89-107H,7-16H2,1-6H3,(H,71,84)(H,72,85)(H,73,86)(H,74,87)(H,75,88)/t17-,23-,24+,25+,26+,27+,28+,29+,30+,31+,32+,33+,34+,35+,36+,37+,38+,39+,40+,41-,42+,43+,44+,45+,46+,47+,48+,49-,50-,51-,52+,53-,54-,55+,56+,57+,58+,59-,60-,61-,62?,63?,64?,65?,66?,67?,68?,69?,70?/m0/s1. The van der Waals surface area contributed by atoms with Crippen molar-refractivity contribution in [2.45, 2.75) is 342 Å². The number of carbonyl (C=O) groups is 5. The van der Waals surface area contributed by atoms with Crippen LogP contribution in [0.3, 0.4) is 0 Å². The number of rotatable bonds is 36. The molecule has 0 aliphatic carbocycles. The van der Waals surface area contributed by atoms with Crippen molar-refractivity contribution in [3.05, 3.63) is 0 Å². The zero-order valence-corrected chi connectivity index (χ0v) is 67.8. The summed E-state index contributed by atoms with van der Waals surface area (Å²) in [6, 6.07) is -9.57. The van der Waals surface area contributed by atoms with Crippen LogP contribution in [-0.4, -0.2) is 534 Å². The van der Waals surface area contributed by atoms with Crippen LogP contribution >= 0.6 is 0 Å². The highest BCUT2D eigenvalue weighted by Gasteiger charge is 2.62. The van der Waals surface area contributed by atoms with E-state index in [9.17, 15) is 162 Å². The lowest BCUT2D eigenvalue weighted by atomic mass is 9.94. The summed E-state index contributed by atoms with van der Waals surface area (Å²) in [5.74, 6) is -4.73. The Balaban J connectivity index is 1.11. The molecule has 0 spiro atoms. The normalized spacial score (nSPS) is 46.1. The van der Waals surface area contributed by atoms with Gasteiger partial charge in [-0.3, -0.25) is 24.0 Å². The molecule has 5 amide bonds. The van der Waals surface area contributed by atoms with Gasteiger partial charge in [0.15, 0.2) is 56.6 Å². The minimum Gasteiger partial charge on any atom is -0.394 e. The molecule has 9 unspecified atom stereocenters. The molecule has 55 nitrogen and oxygen atoms in total. The molecule has 49 atom stereocenters. The molecule has 0 radical (unpaired) electrons. The summed E-state index contributed by atoms with van der Waals surface area (Å²) in [6.07, 6.45) is -93.7. The van der Waals surface area contributed by atoms with Gasteiger partial charge < -0.3 is 250 Å². The second kappa shape index (κ2) is 46.3. The highest BCUT2D eigenvalue weighted by molar-refractivity contribution is 5.75. The van der Waals surface area contributed by atoms with Crippen molar-refractivity contribution in [1.82, 2.24) is 26.6 Å². The zero-order valence-electron chi connectivity index (χ0n) is 67.8. The average Bonchev–Trinajstić information content (AvgIpc) is 0.760. The van der Waals surface area contributed by atoms with Gasteiger partial charge in [-0.05, 0) is 6.92 Å². The zero-order chi connectivity index (χ0) is 92.5. The van der Waals surface area contributed by atoms with E-state index in [2.05, 4.69) is 26.6 Å². The van der Waals surface area contributed by atoms with E-state index in [1.54, 1.807) is 0 Å². The van der Waals surface area contributed by atoms with Gasteiger partial charge >= 0.3 is 0 Å². The van der Waals surface area contributed by atoms with Crippen molar-refractivity contribution in [1.29, 1.82) is 0 Å². The molecule has 724 valence electrons. The van der Waals surface area contributed by atoms with E-state index in [4.69, 9.17) is 85.3 Å². The summed E-state index contributed by atoms with van der Waals surface area (Å²) in [4.78, 5) is 64.2. The first kappa shape index (κ1) is 104. The maximum atomic E-state index is 13.3. The smallest absolute Gasteiger partial charge is 0.217 e. The van der Waals surface area contributed by atoms with E-state index in [0.29, 0.717) is 0 Å². The van der Waals surface area contributed by atoms with E-state index in [1.807, 2.05) is 0 Å². The molecule has 32 N–H and O–H groups in total. The van der Waals surface area contributed by atoms with Crippen LogP contribution in [0.5, 0.6) is 0 Å². The molecule has 0 aromatic rings. The van der Waals surface area contributed by atoms with Gasteiger partial charge in [-0.15, -0.1) is 0 Å². The first-order chi connectivity index (χ1) is 59.0.